The lowest BCUT2D eigenvalue weighted by atomic mass is 9.80. The third-order valence-electron chi connectivity index (χ3n) is 3.39. The van der Waals surface area contributed by atoms with Crippen molar-refractivity contribution in [1.82, 2.24) is 0 Å². The Kier molecular flexibility index (Phi) is 2.55. The smallest absolute Gasteiger partial charge is 0.211 e. The monoisotopic (exact) mass is 236 g/mol. The van der Waals surface area contributed by atoms with Crippen LogP contribution in [0.2, 0.25) is 0 Å². The van der Waals surface area contributed by atoms with Gasteiger partial charge < -0.3 is 5.11 Å². The summed E-state index contributed by atoms with van der Waals surface area (Å²) < 4.78 is 0. The number of hydrogen-bond acceptors (Lipinski definition) is 2. The zero-order valence-electron chi connectivity index (χ0n) is 9.47. The number of aliphatic hydroxyl groups excluding tert-OH is 1. The van der Waals surface area contributed by atoms with Gasteiger partial charge in [-0.05, 0) is 43.0 Å². The minimum Gasteiger partial charge on any atom is -0.504 e. The number of carbonyl (C=O) groups excluding carboxylic acids is 1. The number of aliphatic hydroxyl groups is 1. The minimum atomic E-state index is -0.457. The van der Waals surface area contributed by atoms with Gasteiger partial charge in [0.05, 0.1) is 11.0 Å². The molecule has 3 heteroatoms. The zero-order valence-corrected chi connectivity index (χ0v) is 10.2. The summed E-state index contributed by atoms with van der Waals surface area (Å²) in [5, 5.41) is 9.49. The first-order valence-electron chi connectivity index (χ1n) is 5.14. The normalized spacial score (nSPS) is 20.0. The van der Waals surface area contributed by atoms with E-state index in [1.54, 1.807) is 0 Å². The molecule has 16 heavy (non-hydrogen) atoms. The zero-order chi connectivity index (χ0) is 12.0. The van der Waals surface area contributed by atoms with Crippen molar-refractivity contribution < 1.29 is 9.90 Å². The second kappa shape index (κ2) is 3.63. The molecule has 0 fully saturated rings. The fraction of sp³-hybridized carbons (Fsp3) is 0.308. The van der Waals surface area contributed by atoms with Crippen molar-refractivity contribution in [3.63, 3.8) is 0 Å². The van der Waals surface area contributed by atoms with Gasteiger partial charge in [-0.2, -0.15) is 0 Å². The third kappa shape index (κ3) is 1.37. The summed E-state index contributed by atoms with van der Waals surface area (Å²) in [6, 6.07) is 3.89. The van der Waals surface area contributed by atoms with Gasteiger partial charge in [0.2, 0.25) is 5.78 Å². The number of rotatable bonds is 1. The van der Waals surface area contributed by atoms with Crippen LogP contribution in [-0.2, 0) is 4.79 Å². The van der Waals surface area contributed by atoms with Crippen LogP contribution in [0.15, 0.2) is 22.9 Å². The topological polar surface area (TPSA) is 37.3 Å². The molecule has 2 nitrogen and oxygen atoms in total. The molecular weight excluding hydrogens is 224 g/mol. The van der Waals surface area contributed by atoms with Crippen LogP contribution in [0.5, 0.6) is 0 Å². The molecule has 0 heterocycles. The van der Waals surface area contributed by atoms with E-state index in [-0.39, 0.29) is 16.6 Å². The van der Waals surface area contributed by atoms with Crippen LogP contribution in [0.25, 0.3) is 0 Å². The van der Waals surface area contributed by atoms with Crippen LogP contribution in [-0.4, -0.2) is 10.9 Å². The predicted molar refractivity (Wildman–Crippen MR) is 63.9 cm³/mol. The second-order valence-electron chi connectivity index (χ2n) is 4.22. The maximum atomic E-state index is 11.5. The minimum absolute atomic E-state index is 0.261. The molecule has 1 aromatic carbocycles. The molecule has 0 radical (unpaired) electrons. The van der Waals surface area contributed by atoms with E-state index in [9.17, 15) is 9.90 Å². The Hall–Kier alpha value is -1.28. The average Bonchev–Trinajstić information content (AvgIpc) is 2.29. The van der Waals surface area contributed by atoms with Crippen molar-refractivity contribution in [3.8, 4) is 0 Å². The van der Waals surface area contributed by atoms with Crippen molar-refractivity contribution in [2.75, 3.05) is 0 Å². The molecule has 0 aliphatic heterocycles. The molecular formula is C13H13ClO2. The van der Waals surface area contributed by atoms with Gasteiger partial charge in [-0.3, -0.25) is 4.79 Å². The highest BCUT2D eigenvalue weighted by Crippen LogP contribution is 2.42. The Balaban J connectivity index is 2.53. The summed E-state index contributed by atoms with van der Waals surface area (Å²) in [4.78, 5) is 11.5. The van der Waals surface area contributed by atoms with Crippen LogP contribution in [0, 0.1) is 20.8 Å². The van der Waals surface area contributed by atoms with E-state index < -0.39 is 5.92 Å². The standard InChI is InChI=1S/C13H13ClO2/c1-6-4-5-9(8(3)7(6)2)10-11(14)13(16)12(10)15/h4-5,10,16H,1-3H3. The number of carbonyl (C=O) groups is 1. The lowest BCUT2D eigenvalue weighted by Crippen LogP contribution is -2.27. The van der Waals surface area contributed by atoms with Gasteiger partial charge in [-0.25, -0.2) is 0 Å². The van der Waals surface area contributed by atoms with E-state index in [0.717, 1.165) is 11.1 Å². The SMILES string of the molecule is Cc1ccc(C2C(=O)C(O)=C2Cl)c(C)c1C. The molecule has 1 aliphatic carbocycles. The van der Waals surface area contributed by atoms with E-state index in [0.29, 0.717) is 0 Å². The molecule has 0 amide bonds. The molecule has 1 N–H and O–H groups in total. The third-order valence-corrected chi connectivity index (χ3v) is 3.78. The predicted octanol–water partition coefficient (Wildman–Crippen LogP) is 3.29. The lowest BCUT2D eigenvalue weighted by Gasteiger charge is -2.26. The molecule has 1 atom stereocenters. The van der Waals surface area contributed by atoms with E-state index in [1.807, 2.05) is 32.9 Å². The first-order chi connectivity index (χ1) is 7.45. The van der Waals surface area contributed by atoms with Crippen LogP contribution in [0.4, 0.5) is 0 Å². The van der Waals surface area contributed by atoms with E-state index in [4.69, 9.17) is 11.6 Å². The largest absolute Gasteiger partial charge is 0.504 e. The van der Waals surface area contributed by atoms with Crippen molar-refractivity contribution >= 4 is 17.4 Å². The molecule has 2 rings (SSSR count). The van der Waals surface area contributed by atoms with E-state index in [1.165, 1.54) is 11.1 Å². The number of benzene rings is 1. The Labute approximate surface area is 99.5 Å². The average molecular weight is 237 g/mol. The quantitative estimate of drug-likeness (QED) is 0.813. The summed E-state index contributed by atoms with van der Waals surface area (Å²) in [7, 11) is 0. The fourth-order valence-corrected chi connectivity index (χ4v) is 2.31. The second-order valence-corrected chi connectivity index (χ2v) is 4.62. The molecule has 0 saturated carbocycles. The Morgan fingerprint density at radius 1 is 1.19 bits per heavy atom. The van der Waals surface area contributed by atoms with Gasteiger partial charge in [0.15, 0.2) is 5.76 Å². The number of halogens is 1. The van der Waals surface area contributed by atoms with Crippen LogP contribution in [0.1, 0.15) is 28.2 Å². The molecule has 0 bridgehead atoms. The van der Waals surface area contributed by atoms with E-state index in [2.05, 4.69) is 0 Å². The van der Waals surface area contributed by atoms with Gasteiger partial charge in [0, 0.05) is 0 Å². The first-order valence-corrected chi connectivity index (χ1v) is 5.52. The van der Waals surface area contributed by atoms with Crippen LogP contribution in [0.3, 0.4) is 0 Å². The number of aryl methyl sites for hydroxylation is 1. The Bertz CT molecular complexity index is 515. The molecule has 1 aliphatic rings. The summed E-state index contributed by atoms with van der Waals surface area (Å²) >= 11 is 5.87. The van der Waals surface area contributed by atoms with Crippen LogP contribution >= 0.6 is 11.6 Å². The lowest BCUT2D eigenvalue weighted by molar-refractivity contribution is -0.120. The van der Waals surface area contributed by atoms with Gasteiger partial charge in [0.25, 0.3) is 0 Å². The molecule has 84 valence electrons. The summed E-state index contributed by atoms with van der Waals surface area (Å²) in [5.41, 5.74) is 4.33. The highest BCUT2D eigenvalue weighted by molar-refractivity contribution is 6.39. The Morgan fingerprint density at radius 2 is 1.81 bits per heavy atom. The number of hydrogen-bond donors (Lipinski definition) is 1. The van der Waals surface area contributed by atoms with Crippen LogP contribution < -0.4 is 0 Å². The maximum absolute atomic E-state index is 11.5. The van der Waals surface area contributed by atoms with Crippen molar-refractivity contribution in [2.45, 2.75) is 26.7 Å². The maximum Gasteiger partial charge on any atom is 0.211 e. The Morgan fingerprint density at radius 3 is 2.38 bits per heavy atom. The van der Waals surface area contributed by atoms with Crippen molar-refractivity contribution in [3.05, 3.63) is 45.2 Å². The molecule has 0 spiro atoms. The molecule has 0 aromatic heterocycles. The number of Topliss-reactive ketones (excluding diaryl/α,β-unsaturated/α-hetero) is 1. The van der Waals surface area contributed by atoms with E-state index >= 15 is 0 Å². The first kappa shape index (κ1) is 11.2. The molecule has 1 aromatic rings. The highest BCUT2D eigenvalue weighted by Gasteiger charge is 2.40. The van der Waals surface area contributed by atoms with Crippen molar-refractivity contribution in [2.24, 2.45) is 0 Å². The molecule has 0 saturated heterocycles. The number of ketones is 1. The summed E-state index contributed by atoms with van der Waals surface area (Å²) in [6.45, 7) is 6.03. The number of allylic oxidation sites excluding steroid dienone is 2. The van der Waals surface area contributed by atoms with Gasteiger partial charge in [-0.1, -0.05) is 23.7 Å². The van der Waals surface area contributed by atoms with Gasteiger partial charge in [-0.15, -0.1) is 0 Å². The summed E-state index contributed by atoms with van der Waals surface area (Å²) in [6.07, 6.45) is 0. The highest BCUT2D eigenvalue weighted by atomic mass is 35.5. The molecule has 1 unspecified atom stereocenters. The van der Waals surface area contributed by atoms with Gasteiger partial charge in [0.1, 0.15) is 0 Å². The summed E-state index contributed by atoms with van der Waals surface area (Å²) in [5.74, 6) is -1.03. The van der Waals surface area contributed by atoms with Gasteiger partial charge >= 0.3 is 0 Å². The fourth-order valence-electron chi connectivity index (χ4n) is 2.00. The van der Waals surface area contributed by atoms with Crippen molar-refractivity contribution in [1.29, 1.82) is 0 Å².